The highest BCUT2D eigenvalue weighted by Gasteiger charge is 1.92. The molecule has 0 aliphatic heterocycles. The zero-order valence-corrected chi connectivity index (χ0v) is 10.6. The summed E-state index contributed by atoms with van der Waals surface area (Å²) in [5, 5.41) is 0. The summed E-state index contributed by atoms with van der Waals surface area (Å²) in [4.78, 5) is 0. The van der Waals surface area contributed by atoms with Crippen LogP contribution >= 0.6 is 11.6 Å². The highest BCUT2D eigenvalue weighted by atomic mass is 35.5. The van der Waals surface area contributed by atoms with E-state index < -0.39 is 0 Å². The van der Waals surface area contributed by atoms with Crippen LogP contribution in [0.15, 0.2) is 11.6 Å². The predicted molar refractivity (Wildman–Crippen MR) is 67.1 cm³/mol. The number of halogens is 1. The Morgan fingerprint density at radius 3 is 2.36 bits per heavy atom. The Morgan fingerprint density at radius 1 is 1.07 bits per heavy atom. The Morgan fingerprint density at radius 2 is 1.71 bits per heavy atom. The molecule has 0 unspecified atom stereocenters. The fourth-order valence-electron chi connectivity index (χ4n) is 1.59. The maximum atomic E-state index is 5.62. The van der Waals surface area contributed by atoms with Crippen LogP contribution in [-0.2, 0) is 0 Å². The Hall–Kier alpha value is 0.0300. The smallest absolute Gasteiger partial charge is 0.0258 e. The minimum Gasteiger partial charge on any atom is -0.126 e. The van der Waals surface area contributed by atoms with Gasteiger partial charge in [0.2, 0.25) is 0 Å². The Bertz CT molecular complexity index is 138. The maximum Gasteiger partial charge on any atom is 0.0258 e. The van der Waals surface area contributed by atoms with E-state index in [0.29, 0.717) is 0 Å². The highest BCUT2D eigenvalue weighted by molar-refractivity contribution is 6.17. The third kappa shape index (κ3) is 10.1. The van der Waals surface area contributed by atoms with Gasteiger partial charge in [-0.15, -0.1) is 11.6 Å². The van der Waals surface area contributed by atoms with E-state index in [9.17, 15) is 0 Å². The van der Waals surface area contributed by atoms with Crippen molar-refractivity contribution >= 4 is 11.6 Å². The van der Waals surface area contributed by atoms with Gasteiger partial charge in [-0.25, -0.2) is 0 Å². The van der Waals surface area contributed by atoms with Crippen molar-refractivity contribution in [2.24, 2.45) is 0 Å². The lowest BCUT2D eigenvalue weighted by Gasteiger charge is -2.01. The molecule has 0 nitrogen and oxygen atoms in total. The predicted octanol–water partition coefficient (Wildman–Crippen LogP) is 5.31. The molecule has 0 radical (unpaired) electrons. The largest absolute Gasteiger partial charge is 0.126 e. The molecule has 0 fully saturated rings. The molecular weight excluding hydrogens is 192 g/mol. The van der Waals surface area contributed by atoms with E-state index in [4.69, 9.17) is 11.6 Å². The van der Waals surface area contributed by atoms with E-state index in [1.54, 1.807) is 0 Å². The maximum absolute atomic E-state index is 5.62. The van der Waals surface area contributed by atoms with Crippen molar-refractivity contribution in [3.8, 4) is 0 Å². The number of hydrogen-bond acceptors (Lipinski definition) is 0. The van der Waals surface area contributed by atoms with E-state index in [1.807, 2.05) is 0 Å². The van der Waals surface area contributed by atoms with Crippen LogP contribution in [0.3, 0.4) is 0 Å². The second-order valence-electron chi connectivity index (χ2n) is 4.05. The van der Waals surface area contributed by atoms with Gasteiger partial charge in [0.05, 0.1) is 0 Å². The highest BCUT2D eigenvalue weighted by Crippen LogP contribution is 2.11. The van der Waals surface area contributed by atoms with E-state index in [2.05, 4.69) is 19.9 Å². The third-order valence-corrected chi connectivity index (χ3v) is 2.74. The van der Waals surface area contributed by atoms with Gasteiger partial charge >= 0.3 is 0 Å². The summed E-state index contributed by atoms with van der Waals surface area (Å²) in [5.74, 6) is 0.758. The van der Waals surface area contributed by atoms with Crippen LogP contribution in [0.4, 0.5) is 0 Å². The summed E-state index contributed by atoms with van der Waals surface area (Å²) in [6.07, 6.45) is 12.9. The summed E-state index contributed by atoms with van der Waals surface area (Å²) in [6, 6.07) is 0. The van der Waals surface area contributed by atoms with Gasteiger partial charge in [0.15, 0.2) is 0 Å². The van der Waals surface area contributed by atoms with E-state index in [1.165, 1.54) is 50.5 Å². The second kappa shape index (κ2) is 11.1. The van der Waals surface area contributed by atoms with E-state index in [0.717, 1.165) is 12.3 Å². The zero-order valence-electron chi connectivity index (χ0n) is 9.82. The van der Waals surface area contributed by atoms with Crippen LogP contribution in [0.25, 0.3) is 0 Å². The van der Waals surface area contributed by atoms with Crippen LogP contribution in [-0.4, -0.2) is 5.88 Å². The minimum atomic E-state index is 0.758. The van der Waals surface area contributed by atoms with Gasteiger partial charge in [-0.1, -0.05) is 50.7 Å². The zero-order chi connectivity index (χ0) is 10.6. The number of hydrogen-bond donors (Lipinski definition) is 0. The molecule has 0 spiro atoms. The van der Waals surface area contributed by atoms with Gasteiger partial charge < -0.3 is 0 Å². The first-order valence-corrected chi connectivity index (χ1v) is 6.56. The summed E-state index contributed by atoms with van der Waals surface area (Å²) < 4.78 is 0. The fourth-order valence-corrected chi connectivity index (χ4v) is 1.70. The van der Waals surface area contributed by atoms with Crippen molar-refractivity contribution in [2.45, 2.75) is 65.2 Å². The van der Waals surface area contributed by atoms with Crippen molar-refractivity contribution in [1.29, 1.82) is 0 Å². The van der Waals surface area contributed by atoms with Crippen LogP contribution in [0, 0.1) is 0 Å². The molecule has 14 heavy (non-hydrogen) atoms. The molecule has 0 aromatic rings. The van der Waals surface area contributed by atoms with Crippen LogP contribution in [0.1, 0.15) is 65.2 Å². The van der Waals surface area contributed by atoms with Gasteiger partial charge in [-0.2, -0.15) is 0 Å². The first-order chi connectivity index (χ1) is 6.81. The SMILES string of the molecule is CCCCCCCCC(C)=CCCCl. The van der Waals surface area contributed by atoms with E-state index >= 15 is 0 Å². The molecular formula is C13H25Cl. The number of alkyl halides is 1. The molecule has 1 heteroatoms. The summed E-state index contributed by atoms with van der Waals surface area (Å²) in [7, 11) is 0. The second-order valence-corrected chi connectivity index (χ2v) is 4.42. The standard InChI is InChI=1S/C13H25Cl/c1-3-4-5-6-7-8-10-13(2)11-9-12-14/h11H,3-10,12H2,1-2H3. The van der Waals surface area contributed by atoms with Gasteiger partial charge in [0.1, 0.15) is 0 Å². The van der Waals surface area contributed by atoms with Gasteiger partial charge in [-0.05, 0) is 26.2 Å². The average molecular weight is 217 g/mol. The monoisotopic (exact) mass is 216 g/mol. The molecule has 0 rings (SSSR count). The molecule has 0 N–H and O–H groups in total. The van der Waals surface area contributed by atoms with Gasteiger partial charge in [-0.3, -0.25) is 0 Å². The van der Waals surface area contributed by atoms with Crippen molar-refractivity contribution in [3.05, 3.63) is 11.6 Å². The summed E-state index contributed by atoms with van der Waals surface area (Å²) in [5.41, 5.74) is 1.51. The first-order valence-electron chi connectivity index (χ1n) is 6.02. The Labute approximate surface area is 94.7 Å². The van der Waals surface area contributed by atoms with Crippen LogP contribution in [0.2, 0.25) is 0 Å². The molecule has 0 amide bonds. The molecule has 84 valence electrons. The molecule has 0 aromatic carbocycles. The fraction of sp³-hybridized carbons (Fsp3) is 0.846. The minimum absolute atomic E-state index is 0.758. The van der Waals surface area contributed by atoms with Crippen molar-refractivity contribution in [2.75, 3.05) is 5.88 Å². The molecule has 0 aromatic heterocycles. The number of unbranched alkanes of at least 4 members (excludes halogenated alkanes) is 5. The molecule has 0 saturated heterocycles. The number of allylic oxidation sites excluding steroid dienone is 2. The molecule has 0 heterocycles. The molecule has 0 aliphatic rings. The van der Waals surface area contributed by atoms with Crippen molar-refractivity contribution < 1.29 is 0 Å². The normalized spacial score (nSPS) is 12.1. The average Bonchev–Trinajstić information content (AvgIpc) is 2.20. The lowest BCUT2D eigenvalue weighted by Crippen LogP contribution is -1.82. The summed E-state index contributed by atoms with van der Waals surface area (Å²) >= 11 is 5.62. The molecule has 0 atom stereocenters. The topological polar surface area (TPSA) is 0 Å². The third-order valence-electron chi connectivity index (χ3n) is 2.53. The van der Waals surface area contributed by atoms with E-state index in [-0.39, 0.29) is 0 Å². The Balaban J connectivity index is 3.18. The molecule has 0 aliphatic carbocycles. The lowest BCUT2D eigenvalue weighted by atomic mass is 10.1. The lowest BCUT2D eigenvalue weighted by molar-refractivity contribution is 0.606. The van der Waals surface area contributed by atoms with Crippen molar-refractivity contribution in [3.63, 3.8) is 0 Å². The molecule has 0 saturated carbocycles. The van der Waals surface area contributed by atoms with Crippen LogP contribution in [0.5, 0.6) is 0 Å². The Kier molecular flexibility index (Phi) is 11.1. The van der Waals surface area contributed by atoms with Crippen molar-refractivity contribution in [1.82, 2.24) is 0 Å². The first kappa shape index (κ1) is 14.0. The molecule has 0 bridgehead atoms. The quantitative estimate of drug-likeness (QED) is 0.278. The number of rotatable bonds is 9. The summed E-state index contributed by atoms with van der Waals surface area (Å²) in [6.45, 7) is 4.48. The van der Waals surface area contributed by atoms with Gasteiger partial charge in [0, 0.05) is 5.88 Å². The van der Waals surface area contributed by atoms with Gasteiger partial charge in [0.25, 0.3) is 0 Å². The van der Waals surface area contributed by atoms with Crippen LogP contribution < -0.4 is 0 Å².